The lowest BCUT2D eigenvalue weighted by Crippen LogP contribution is -2.42. The highest BCUT2D eigenvalue weighted by atomic mass is 19.1. The molecule has 3 heteroatoms. The van der Waals surface area contributed by atoms with Crippen LogP contribution in [0, 0.1) is 5.82 Å². The van der Waals surface area contributed by atoms with Gasteiger partial charge in [-0.3, -0.25) is 0 Å². The van der Waals surface area contributed by atoms with Gasteiger partial charge in [0.1, 0.15) is 5.82 Å². The van der Waals surface area contributed by atoms with E-state index in [0.29, 0.717) is 24.8 Å². The van der Waals surface area contributed by atoms with Crippen molar-refractivity contribution in [1.29, 1.82) is 0 Å². The van der Waals surface area contributed by atoms with E-state index in [2.05, 4.69) is 11.9 Å². The normalized spacial score (nSPS) is 31.8. The lowest BCUT2D eigenvalue weighted by atomic mass is 10.0. The van der Waals surface area contributed by atoms with Crippen LogP contribution in [0.3, 0.4) is 0 Å². The first-order chi connectivity index (χ1) is 8.72. The summed E-state index contributed by atoms with van der Waals surface area (Å²) in [5, 5.41) is 0. The average Bonchev–Trinajstić information content (AvgIpc) is 2.62. The Balaban J connectivity index is 1.54. The predicted octanol–water partition coefficient (Wildman–Crippen LogP) is 2.97. The van der Waals surface area contributed by atoms with Crippen LogP contribution in [0.2, 0.25) is 0 Å². The Morgan fingerprint density at radius 3 is 2.39 bits per heavy atom. The van der Waals surface area contributed by atoms with Gasteiger partial charge in [0, 0.05) is 12.1 Å². The molecule has 0 aromatic heterocycles. The van der Waals surface area contributed by atoms with Gasteiger partial charge in [-0.15, -0.1) is 0 Å². The van der Waals surface area contributed by atoms with Gasteiger partial charge in [0.2, 0.25) is 0 Å². The molecule has 2 fully saturated rings. The minimum Gasteiger partial charge on any atom is -0.373 e. The number of fused-ring (bicyclic) bond motifs is 2. The molecule has 0 unspecified atom stereocenters. The van der Waals surface area contributed by atoms with Crippen molar-refractivity contribution in [3.63, 3.8) is 0 Å². The molecule has 0 saturated carbocycles. The van der Waals surface area contributed by atoms with Gasteiger partial charge >= 0.3 is 0 Å². The van der Waals surface area contributed by atoms with Crippen LogP contribution in [0.1, 0.15) is 31.2 Å². The highest BCUT2D eigenvalue weighted by molar-refractivity contribution is 5.15. The third-order valence-corrected chi connectivity index (χ3v) is 4.45. The summed E-state index contributed by atoms with van der Waals surface area (Å²) in [6.07, 6.45) is 5.31. The van der Waals surface area contributed by atoms with Gasteiger partial charge in [-0.2, -0.15) is 0 Å². The fourth-order valence-electron chi connectivity index (χ4n) is 3.29. The highest BCUT2D eigenvalue weighted by Gasteiger charge is 2.38. The monoisotopic (exact) mass is 249 g/mol. The van der Waals surface area contributed by atoms with E-state index in [1.807, 2.05) is 0 Å². The van der Waals surface area contributed by atoms with Gasteiger partial charge in [0.25, 0.3) is 0 Å². The van der Waals surface area contributed by atoms with Crippen molar-refractivity contribution in [2.24, 2.45) is 0 Å². The molecule has 2 nitrogen and oxygen atoms in total. The molecule has 0 spiro atoms. The molecule has 3 atom stereocenters. The summed E-state index contributed by atoms with van der Waals surface area (Å²) in [4.78, 5) is 2.51. The minimum absolute atomic E-state index is 0.184. The van der Waals surface area contributed by atoms with Crippen LogP contribution in [0.5, 0.6) is 0 Å². The zero-order chi connectivity index (χ0) is 12.5. The van der Waals surface area contributed by atoms with E-state index in [1.165, 1.54) is 25.0 Å². The topological polar surface area (TPSA) is 12.5 Å². The van der Waals surface area contributed by atoms with Crippen molar-refractivity contribution in [3.8, 4) is 0 Å². The van der Waals surface area contributed by atoms with Crippen molar-refractivity contribution in [2.45, 2.75) is 50.5 Å². The first-order valence-corrected chi connectivity index (χ1v) is 6.80. The largest absolute Gasteiger partial charge is 0.373 e. The summed E-state index contributed by atoms with van der Waals surface area (Å²) in [5.41, 5.74) is 1.06. The molecule has 1 aromatic carbocycles. The third-order valence-electron chi connectivity index (χ3n) is 4.45. The second-order valence-corrected chi connectivity index (χ2v) is 5.58. The van der Waals surface area contributed by atoms with Gasteiger partial charge in [-0.25, -0.2) is 4.39 Å². The molecule has 3 rings (SSSR count). The second kappa shape index (κ2) is 4.98. The Hall–Kier alpha value is -0.930. The number of hydrogen-bond acceptors (Lipinski definition) is 2. The van der Waals surface area contributed by atoms with Gasteiger partial charge in [-0.1, -0.05) is 12.1 Å². The summed E-state index contributed by atoms with van der Waals surface area (Å²) in [7, 11) is 2.23. The Labute approximate surface area is 108 Å². The van der Waals surface area contributed by atoms with Crippen LogP contribution in [-0.4, -0.2) is 30.1 Å². The van der Waals surface area contributed by atoms with Crippen LogP contribution >= 0.6 is 0 Å². The minimum atomic E-state index is -0.184. The third kappa shape index (κ3) is 2.43. The predicted molar refractivity (Wildman–Crippen MR) is 68.8 cm³/mol. The highest BCUT2D eigenvalue weighted by Crippen LogP contribution is 2.35. The number of hydrogen-bond donors (Lipinski definition) is 0. The molecule has 2 heterocycles. The van der Waals surface area contributed by atoms with E-state index in [4.69, 9.17) is 4.74 Å². The molecule has 2 saturated heterocycles. The average molecular weight is 249 g/mol. The second-order valence-electron chi connectivity index (χ2n) is 5.58. The fourth-order valence-corrected chi connectivity index (χ4v) is 3.29. The van der Waals surface area contributed by atoms with E-state index >= 15 is 0 Å². The molecule has 0 N–H and O–H groups in total. The van der Waals surface area contributed by atoms with E-state index < -0.39 is 0 Å². The number of benzene rings is 1. The van der Waals surface area contributed by atoms with Crippen LogP contribution in [0.25, 0.3) is 0 Å². The van der Waals surface area contributed by atoms with Crippen LogP contribution in [-0.2, 0) is 11.3 Å². The Morgan fingerprint density at radius 1 is 1.17 bits per heavy atom. The van der Waals surface area contributed by atoms with Crippen LogP contribution in [0.15, 0.2) is 24.3 Å². The van der Waals surface area contributed by atoms with Gasteiger partial charge in [-0.05, 0) is 50.4 Å². The van der Waals surface area contributed by atoms with Crippen molar-refractivity contribution < 1.29 is 9.13 Å². The maximum atomic E-state index is 12.8. The Morgan fingerprint density at radius 2 is 1.78 bits per heavy atom. The summed E-state index contributed by atoms with van der Waals surface area (Å²) in [5.74, 6) is -0.184. The van der Waals surface area contributed by atoms with Crippen molar-refractivity contribution >= 4 is 0 Å². The summed E-state index contributed by atoms with van der Waals surface area (Å²) >= 11 is 0. The molecule has 2 aliphatic heterocycles. The molecule has 1 aromatic rings. The Bertz CT molecular complexity index is 391. The number of piperidine rings is 1. The molecule has 0 amide bonds. The standard InChI is InChI=1S/C15H20FNO/c1-17-13-6-7-14(17)9-15(8-13)18-10-11-2-4-12(16)5-3-11/h2-5,13-15H,6-10H2,1H3/t13-,14+,15+. The SMILES string of the molecule is CN1[C@@H]2CC[C@H]1C[C@@H](OCc1ccc(F)cc1)C2. The summed E-state index contributed by atoms with van der Waals surface area (Å²) in [6, 6.07) is 8.02. The molecule has 98 valence electrons. The maximum absolute atomic E-state index is 12.8. The zero-order valence-electron chi connectivity index (χ0n) is 10.8. The molecule has 0 radical (unpaired) electrons. The first-order valence-electron chi connectivity index (χ1n) is 6.80. The smallest absolute Gasteiger partial charge is 0.123 e. The van der Waals surface area contributed by atoms with Gasteiger partial charge in [0.05, 0.1) is 12.7 Å². The lowest BCUT2D eigenvalue weighted by molar-refractivity contribution is -0.0211. The summed E-state index contributed by atoms with van der Waals surface area (Å²) < 4.78 is 18.8. The first kappa shape index (κ1) is 12.1. The number of halogens is 1. The summed E-state index contributed by atoms with van der Waals surface area (Å²) in [6.45, 7) is 0.605. The number of ether oxygens (including phenoxy) is 1. The fraction of sp³-hybridized carbons (Fsp3) is 0.600. The Kier molecular flexibility index (Phi) is 3.35. The molecule has 2 bridgehead atoms. The lowest BCUT2D eigenvalue weighted by Gasteiger charge is -2.36. The quantitative estimate of drug-likeness (QED) is 0.816. The number of rotatable bonds is 3. The molecular weight excluding hydrogens is 229 g/mol. The molecule has 2 aliphatic rings. The van der Waals surface area contributed by atoms with Gasteiger partial charge in [0.15, 0.2) is 0 Å². The van der Waals surface area contributed by atoms with Crippen LogP contribution < -0.4 is 0 Å². The van der Waals surface area contributed by atoms with E-state index in [9.17, 15) is 4.39 Å². The number of nitrogens with zero attached hydrogens (tertiary/aromatic N) is 1. The maximum Gasteiger partial charge on any atom is 0.123 e. The molecule has 0 aliphatic carbocycles. The molecule has 18 heavy (non-hydrogen) atoms. The van der Waals surface area contributed by atoms with E-state index in [0.717, 1.165) is 18.4 Å². The molecular formula is C15H20FNO. The van der Waals surface area contributed by atoms with Crippen molar-refractivity contribution in [1.82, 2.24) is 4.90 Å². The van der Waals surface area contributed by atoms with E-state index in [-0.39, 0.29) is 5.82 Å². The van der Waals surface area contributed by atoms with E-state index in [1.54, 1.807) is 12.1 Å². The zero-order valence-corrected chi connectivity index (χ0v) is 10.8. The van der Waals surface area contributed by atoms with Gasteiger partial charge < -0.3 is 9.64 Å². The van der Waals surface area contributed by atoms with Crippen LogP contribution in [0.4, 0.5) is 4.39 Å². The van der Waals surface area contributed by atoms with Crippen molar-refractivity contribution in [2.75, 3.05) is 7.05 Å². The van der Waals surface area contributed by atoms with Crippen molar-refractivity contribution in [3.05, 3.63) is 35.6 Å².